The lowest BCUT2D eigenvalue weighted by Gasteiger charge is -2.30. The molecule has 0 heterocycles. The van der Waals surface area contributed by atoms with Gasteiger partial charge in [0, 0.05) is 0 Å². The number of halogens is 1. The lowest BCUT2D eigenvalue weighted by atomic mass is 10.0. The molecule has 0 aliphatic heterocycles. The van der Waals surface area contributed by atoms with Crippen LogP contribution in [0.1, 0.15) is 104 Å². The SMILES string of the molecule is CCCCCCCCCC[N+](C)(C)CCCCCCC(C)C.[Cl-]. The maximum absolute atomic E-state index is 2.43. The van der Waals surface area contributed by atoms with Crippen molar-refractivity contribution in [2.45, 2.75) is 104 Å². The molecule has 0 N–H and O–H groups in total. The molecule has 0 rings (SSSR count). The molecule has 0 saturated carbocycles. The lowest BCUT2D eigenvalue weighted by Crippen LogP contribution is -3.00. The van der Waals surface area contributed by atoms with Gasteiger partial charge in [-0.1, -0.05) is 78.6 Å². The summed E-state index contributed by atoms with van der Waals surface area (Å²) in [6.45, 7) is 9.72. The molecule has 1 nitrogen and oxygen atoms in total. The number of hydrogen-bond acceptors (Lipinski definition) is 0. The quantitative estimate of drug-likeness (QED) is 0.294. The second-order valence-electron chi connectivity index (χ2n) is 8.45. The predicted octanol–water partition coefficient (Wildman–Crippen LogP) is 3.81. The fraction of sp³-hybridized carbons (Fsp3) is 1.00. The molecule has 0 aromatic rings. The summed E-state index contributed by atoms with van der Waals surface area (Å²) in [5.74, 6) is 0.884. The van der Waals surface area contributed by atoms with Crippen molar-refractivity contribution in [3.63, 3.8) is 0 Å². The van der Waals surface area contributed by atoms with Crippen molar-refractivity contribution < 1.29 is 16.9 Å². The third kappa shape index (κ3) is 20.2. The molecule has 0 bridgehead atoms. The molecule has 0 aliphatic carbocycles. The predicted molar refractivity (Wildman–Crippen MR) is 102 cm³/mol. The Kier molecular flexibility index (Phi) is 18.9. The van der Waals surface area contributed by atoms with Crippen LogP contribution in [0.3, 0.4) is 0 Å². The Hall–Kier alpha value is 0.250. The summed E-state index contributed by atoms with van der Waals surface area (Å²) in [5, 5.41) is 0. The first-order chi connectivity index (χ1) is 10.5. The Morgan fingerprint density at radius 1 is 0.609 bits per heavy atom. The van der Waals surface area contributed by atoms with Crippen molar-refractivity contribution in [1.82, 2.24) is 0 Å². The highest BCUT2D eigenvalue weighted by molar-refractivity contribution is 4.49. The molecule has 142 valence electrons. The van der Waals surface area contributed by atoms with Crippen LogP contribution in [0.25, 0.3) is 0 Å². The van der Waals surface area contributed by atoms with E-state index in [-0.39, 0.29) is 12.4 Å². The molecule has 0 spiro atoms. The molecule has 0 aliphatic rings. The Labute approximate surface area is 154 Å². The smallest absolute Gasteiger partial charge is 0.0782 e. The number of hydrogen-bond donors (Lipinski definition) is 0. The first kappa shape index (κ1) is 25.5. The summed E-state index contributed by atoms with van der Waals surface area (Å²) in [5.41, 5.74) is 0. The summed E-state index contributed by atoms with van der Waals surface area (Å²) in [6, 6.07) is 0. The van der Waals surface area contributed by atoms with E-state index in [0.29, 0.717) is 0 Å². The number of nitrogens with zero attached hydrogens (tertiary/aromatic N) is 1. The molecule has 0 aromatic heterocycles. The standard InChI is InChI=1S/C21H46N.ClH/c1-6-7-8-9-10-11-13-16-19-22(4,5)20-17-14-12-15-18-21(2)3;/h21H,6-20H2,1-5H3;1H/q+1;/p-1. The van der Waals surface area contributed by atoms with Crippen LogP contribution < -0.4 is 12.4 Å². The van der Waals surface area contributed by atoms with E-state index in [4.69, 9.17) is 0 Å². The van der Waals surface area contributed by atoms with Gasteiger partial charge in [0.1, 0.15) is 0 Å². The van der Waals surface area contributed by atoms with Crippen LogP contribution in [0.5, 0.6) is 0 Å². The van der Waals surface area contributed by atoms with Crippen molar-refractivity contribution in [2.24, 2.45) is 5.92 Å². The van der Waals surface area contributed by atoms with Crippen LogP contribution in [0.4, 0.5) is 0 Å². The van der Waals surface area contributed by atoms with Gasteiger partial charge < -0.3 is 16.9 Å². The van der Waals surface area contributed by atoms with Gasteiger partial charge in [0.2, 0.25) is 0 Å². The first-order valence-corrected chi connectivity index (χ1v) is 10.3. The van der Waals surface area contributed by atoms with Gasteiger partial charge in [-0.3, -0.25) is 0 Å². The summed E-state index contributed by atoms with van der Waals surface area (Å²) < 4.78 is 1.24. The number of unbranched alkanes of at least 4 members (excludes halogenated alkanes) is 10. The maximum atomic E-state index is 2.43. The highest BCUT2D eigenvalue weighted by Crippen LogP contribution is 2.13. The van der Waals surface area contributed by atoms with Gasteiger partial charge in [-0.15, -0.1) is 0 Å². The molecule has 0 unspecified atom stereocenters. The minimum atomic E-state index is 0. The normalized spacial score (nSPS) is 11.7. The minimum absolute atomic E-state index is 0. The highest BCUT2D eigenvalue weighted by atomic mass is 35.5. The molecule has 2 heteroatoms. The maximum Gasteiger partial charge on any atom is 0.0782 e. The van der Waals surface area contributed by atoms with E-state index in [1.54, 1.807) is 0 Å². The first-order valence-electron chi connectivity index (χ1n) is 10.3. The van der Waals surface area contributed by atoms with E-state index < -0.39 is 0 Å². The fourth-order valence-electron chi connectivity index (χ4n) is 3.23. The van der Waals surface area contributed by atoms with Gasteiger partial charge in [-0.2, -0.15) is 0 Å². The Morgan fingerprint density at radius 2 is 1.00 bits per heavy atom. The lowest BCUT2D eigenvalue weighted by molar-refractivity contribution is -0.890. The van der Waals surface area contributed by atoms with Crippen molar-refractivity contribution in [2.75, 3.05) is 27.2 Å². The van der Waals surface area contributed by atoms with E-state index in [0.717, 1.165) is 5.92 Å². The topological polar surface area (TPSA) is 0 Å². The van der Waals surface area contributed by atoms with Gasteiger partial charge in [-0.05, 0) is 31.6 Å². The van der Waals surface area contributed by atoms with E-state index in [1.807, 2.05) is 0 Å². The van der Waals surface area contributed by atoms with E-state index >= 15 is 0 Å². The molecule has 0 saturated heterocycles. The van der Waals surface area contributed by atoms with Crippen LogP contribution in [-0.2, 0) is 0 Å². The number of quaternary nitrogens is 1. The fourth-order valence-corrected chi connectivity index (χ4v) is 3.23. The Bertz CT molecular complexity index is 226. The zero-order chi connectivity index (χ0) is 16.7. The molecular weight excluding hydrogens is 302 g/mol. The van der Waals surface area contributed by atoms with Crippen molar-refractivity contribution >= 4 is 0 Å². The van der Waals surface area contributed by atoms with Gasteiger partial charge in [0.15, 0.2) is 0 Å². The zero-order valence-electron chi connectivity index (χ0n) is 17.0. The average Bonchev–Trinajstić information content (AvgIpc) is 2.45. The second kappa shape index (κ2) is 17.1. The van der Waals surface area contributed by atoms with Crippen LogP contribution in [0.15, 0.2) is 0 Å². The zero-order valence-corrected chi connectivity index (χ0v) is 17.8. The largest absolute Gasteiger partial charge is 1.00 e. The Balaban J connectivity index is 0. The molecule has 0 fully saturated rings. The summed E-state index contributed by atoms with van der Waals surface area (Å²) in [7, 11) is 4.85. The van der Waals surface area contributed by atoms with Gasteiger partial charge in [-0.25, -0.2) is 0 Å². The molecule has 0 amide bonds. The summed E-state index contributed by atoms with van der Waals surface area (Å²) >= 11 is 0. The average molecular weight is 348 g/mol. The van der Waals surface area contributed by atoms with Gasteiger partial charge >= 0.3 is 0 Å². The Morgan fingerprint density at radius 3 is 1.43 bits per heavy atom. The summed E-state index contributed by atoms with van der Waals surface area (Å²) in [6.07, 6.45) is 18.6. The third-order valence-electron chi connectivity index (χ3n) is 4.91. The molecule has 0 radical (unpaired) electrons. The van der Waals surface area contributed by atoms with Gasteiger partial charge in [0.25, 0.3) is 0 Å². The number of rotatable bonds is 16. The molecule has 0 atom stereocenters. The van der Waals surface area contributed by atoms with E-state index in [1.165, 1.54) is 101 Å². The molecule has 0 aromatic carbocycles. The van der Waals surface area contributed by atoms with Gasteiger partial charge in [0.05, 0.1) is 27.2 Å². The molecule has 23 heavy (non-hydrogen) atoms. The third-order valence-corrected chi connectivity index (χ3v) is 4.91. The second-order valence-corrected chi connectivity index (χ2v) is 8.45. The van der Waals surface area contributed by atoms with E-state index in [2.05, 4.69) is 34.9 Å². The van der Waals surface area contributed by atoms with Crippen molar-refractivity contribution in [3.8, 4) is 0 Å². The van der Waals surface area contributed by atoms with Crippen LogP contribution in [-0.4, -0.2) is 31.7 Å². The van der Waals surface area contributed by atoms with Crippen LogP contribution >= 0.6 is 0 Å². The monoisotopic (exact) mass is 347 g/mol. The van der Waals surface area contributed by atoms with E-state index in [9.17, 15) is 0 Å². The van der Waals surface area contributed by atoms with Crippen molar-refractivity contribution in [1.29, 1.82) is 0 Å². The highest BCUT2D eigenvalue weighted by Gasteiger charge is 2.13. The van der Waals surface area contributed by atoms with Crippen LogP contribution in [0, 0.1) is 5.92 Å². The van der Waals surface area contributed by atoms with Crippen molar-refractivity contribution in [3.05, 3.63) is 0 Å². The minimum Gasteiger partial charge on any atom is -1.00 e. The molecular formula is C21H46ClN. The van der Waals surface area contributed by atoms with Crippen LogP contribution in [0.2, 0.25) is 0 Å². The summed E-state index contributed by atoms with van der Waals surface area (Å²) in [4.78, 5) is 0.